The fourth-order valence-corrected chi connectivity index (χ4v) is 1.31. The maximum absolute atomic E-state index is 12.3. The van der Waals surface area contributed by atoms with Crippen LogP contribution in [0.1, 0.15) is 11.4 Å². The lowest BCUT2D eigenvalue weighted by Gasteiger charge is -2.07. The molecule has 2 nitrogen and oxygen atoms in total. The van der Waals surface area contributed by atoms with Gasteiger partial charge in [-0.3, -0.25) is 0 Å². The van der Waals surface area contributed by atoms with E-state index in [1.807, 2.05) is 0 Å². The molecule has 7 heteroatoms. The van der Waals surface area contributed by atoms with Gasteiger partial charge in [-0.2, -0.15) is 13.2 Å². The van der Waals surface area contributed by atoms with E-state index >= 15 is 0 Å². The highest BCUT2D eigenvalue weighted by molar-refractivity contribution is 7.98. The van der Waals surface area contributed by atoms with E-state index in [1.54, 1.807) is 6.26 Å². The Hall–Kier alpha value is -0.490. The lowest BCUT2D eigenvalue weighted by molar-refractivity contribution is -0.141. The van der Waals surface area contributed by atoms with Crippen LogP contribution < -0.4 is 0 Å². The van der Waals surface area contributed by atoms with E-state index in [0.717, 1.165) is 17.8 Å². The van der Waals surface area contributed by atoms with Crippen LogP contribution in [0.4, 0.5) is 13.2 Å². The number of halogens is 4. The Labute approximate surface area is 87.9 Å². The summed E-state index contributed by atoms with van der Waals surface area (Å²) in [5, 5.41) is 0.0791. The Morgan fingerprint density at radius 2 is 2.07 bits per heavy atom. The van der Waals surface area contributed by atoms with E-state index in [9.17, 15) is 13.2 Å². The molecule has 0 radical (unpaired) electrons. The van der Waals surface area contributed by atoms with Crippen molar-refractivity contribution in [2.24, 2.45) is 0 Å². The third-order valence-corrected chi connectivity index (χ3v) is 2.19. The molecular weight excluding hydrogens is 237 g/mol. The largest absolute Gasteiger partial charge is 0.433 e. The lowest BCUT2D eigenvalue weighted by Crippen LogP contribution is -2.10. The Kier molecular flexibility index (Phi) is 3.60. The molecule has 1 heterocycles. The van der Waals surface area contributed by atoms with Crippen LogP contribution in [-0.2, 0) is 12.1 Å². The van der Waals surface area contributed by atoms with E-state index in [-0.39, 0.29) is 16.7 Å². The molecule has 14 heavy (non-hydrogen) atoms. The highest BCUT2D eigenvalue weighted by atomic mass is 35.5. The third kappa shape index (κ3) is 2.75. The van der Waals surface area contributed by atoms with Crippen molar-refractivity contribution < 1.29 is 13.2 Å². The number of hydrogen-bond donors (Lipinski definition) is 0. The van der Waals surface area contributed by atoms with Crippen LogP contribution in [0.15, 0.2) is 11.2 Å². The van der Waals surface area contributed by atoms with Crippen LogP contribution in [0.2, 0.25) is 0 Å². The number of aromatic nitrogens is 2. The molecule has 1 aromatic rings. The molecule has 0 spiro atoms. The van der Waals surface area contributed by atoms with E-state index in [0.29, 0.717) is 0 Å². The van der Waals surface area contributed by atoms with Gasteiger partial charge in [0.25, 0.3) is 0 Å². The molecule has 0 aliphatic rings. The van der Waals surface area contributed by atoms with Crippen molar-refractivity contribution in [1.29, 1.82) is 0 Å². The second kappa shape index (κ2) is 4.35. The Balaban J connectivity index is 3.17. The predicted octanol–water partition coefficient (Wildman–Crippen LogP) is 2.96. The summed E-state index contributed by atoms with van der Waals surface area (Å²) in [5.74, 6) is -0.0564. The van der Waals surface area contributed by atoms with Gasteiger partial charge in [0.2, 0.25) is 0 Å². The smallest absolute Gasteiger partial charge is 0.226 e. The Bertz CT molecular complexity index is 307. The van der Waals surface area contributed by atoms with Crippen molar-refractivity contribution >= 4 is 23.4 Å². The highest BCUT2D eigenvalue weighted by Crippen LogP contribution is 2.29. The van der Waals surface area contributed by atoms with Gasteiger partial charge in [0.05, 0.1) is 11.6 Å². The normalized spacial score (nSPS) is 11.8. The average Bonchev–Trinajstić information content (AvgIpc) is 2.15. The first-order valence-electron chi connectivity index (χ1n) is 3.52. The molecule has 0 fully saturated rings. The molecule has 0 saturated carbocycles. The summed E-state index contributed by atoms with van der Waals surface area (Å²) in [4.78, 5) is 7.14. The second-order valence-corrected chi connectivity index (χ2v) is 3.40. The molecule has 1 rings (SSSR count). The van der Waals surface area contributed by atoms with Crippen LogP contribution in [0.3, 0.4) is 0 Å². The summed E-state index contributed by atoms with van der Waals surface area (Å²) in [5.41, 5.74) is -0.772. The van der Waals surface area contributed by atoms with Gasteiger partial charge in [0.15, 0.2) is 5.16 Å². The highest BCUT2D eigenvalue weighted by Gasteiger charge is 2.33. The summed E-state index contributed by atoms with van der Waals surface area (Å²) >= 11 is 6.46. The molecule has 0 amide bonds. The number of thioether (sulfide) groups is 1. The van der Waals surface area contributed by atoms with Gasteiger partial charge in [-0.1, -0.05) is 11.8 Å². The first-order valence-corrected chi connectivity index (χ1v) is 5.28. The van der Waals surface area contributed by atoms with E-state index in [2.05, 4.69) is 9.97 Å². The summed E-state index contributed by atoms with van der Waals surface area (Å²) in [6.07, 6.45) is -2.85. The van der Waals surface area contributed by atoms with E-state index < -0.39 is 11.9 Å². The number of rotatable bonds is 2. The SMILES string of the molecule is CSc1nc(CCl)cc(C(F)(F)F)n1. The quantitative estimate of drug-likeness (QED) is 0.453. The lowest BCUT2D eigenvalue weighted by atomic mass is 10.3. The molecule has 0 N–H and O–H groups in total. The average molecular weight is 243 g/mol. The molecule has 0 saturated heterocycles. The third-order valence-electron chi connectivity index (χ3n) is 1.37. The van der Waals surface area contributed by atoms with Gasteiger partial charge in [-0.25, -0.2) is 9.97 Å². The van der Waals surface area contributed by atoms with Crippen molar-refractivity contribution in [2.45, 2.75) is 17.2 Å². The zero-order chi connectivity index (χ0) is 10.8. The minimum absolute atomic E-state index is 0.0564. The maximum atomic E-state index is 12.3. The Morgan fingerprint density at radius 3 is 2.50 bits per heavy atom. The summed E-state index contributed by atoms with van der Waals surface area (Å²) in [6.45, 7) is 0. The van der Waals surface area contributed by atoms with E-state index in [1.165, 1.54) is 0 Å². The van der Waals surface area contributed by atoms with Crippen LogP contribution in [0.5, 0.6) is 0 Å². The predicted molar refractivity (Wildman–Crippen MR) is 48.4 cm³/mol. The molecule has 0 bridgehead atoms. The van der Waals surface area contributed by atoms with E-state index in [4.69, 9.17) is 11.6 Å². The van der Waals surface area contributed by atoms with Gasteiger partial charge < -0.3 is 0 Å². The van der Waals surface area contributed by atoms with Crippen LogP contribution in [0.25, 0.3) is 0 Å². The molecule has 0 unspecified atom stereocenters. The zero-order valence-corrected chi connectivity index (χ0v) is 8.67. The minimum atomic E-state index is -4.45. The summed E-state index contributed by atoms with van der Waals surface area (Å²) in [6, 6.07) is 0.854. The van der Waals surface area contributed by atoms with Crippen molar-refractivity contribution in [1.82, 2.24) is 9.97 Å². The fraction of sp³-hybridized carbons (Fsp3) is 0.429. The number of alkyl halides is 4. The molecule has 0 aliphatic heterocycles. The molecule has 0 aliphatic carbocycles. The zero-order valence-electron chi connectivity index (χ0n) is 7.10. The van der Waals surface area contributed by atoms with Crippen molar-refractivity contribution in [3.8, 4) is 0 Å². The van der Waals surface area contributed by atoms with Crippen molar-refractivity contribution in [3.63, 3.8) is 0 Å². The van der Waals surface area contributed by atoms with Gasteiger partial charge >= 0.3 is 6.18 Å². The van der Waals surface area contributed by atoms with Gasteiger partial charge in [0, 0.05) is 0 Å². The molecular formula is C7H6ClF3N2S. The standard InChI is InChI=1S/C7H6ClF3N2S/c1-14-6-12-4(3-8)2-5(13-6)7(9,10)11/h2H,3H2,1H3. The molecule has 0 aromatic carbocycles. The van der Waals surface area contributed by atoms with Crippen LogP contribution >= 0.6 is 23.4 Å². The first kappa shape index (κ1) is 11.6. The topological polar surface area (TPSA) is 25.8 Å². The first-order chi connectivity index (χ1) is 6.47. The second-order valence-electron chi connectivity index (χ2n) is 2.36. The molecule has 0 atom stereocenters. The number of hydrogen-bond acceptors (Lipinski definition) is 3. The Morgan fingerprint density at radius 1 is 1.43 bits per heavy atom. The van der Waals surface area contributed by atoms with Gasteiger partial charge in [-0.15, -0.1) is 11.6 Å². The maximum Gasteiger partial charge on any atom is 0.433 e. The van der Waals surface area contributed by atoms with Crippen LogP contribution in [0, 0.1) is 0 Å². The van der Waals surface area contributed by atoms with Gasteiger partial charge in [-0.05, 0) is 12.3 Å². The summed E-state index contributed by atoms with van der Waals surface area (Å²) in [7, 11) is 0. The van der Waals surface area contributed by atoms with Crippen molar-refractivity contribution in [3.05, 3.63) is 17.5 Å². The molecule has 1 aromatic heterocycles. The minimum Gasteiger partial charge on any atom is -0.226 e. The van der Waals surface area contributed by atoms with Crippen molar-refractivity contribution in [2.75, 3.05) is 6.26 Å². The fourth-order valence-electron chi connectivity index (χ4n) is 0.778. The molecule has 78 valence electrons. The summed E-state index contributed by atoms with van der Waals surface area (Å²) < 4.78 is 36.8. The van der Waals surface area contributed by atoms with Crippen LogP contribution in [-0.4, -0.2) is 16.2 Å². The number of nitrogens with zero attached hydrogens (tertiary/aromatic N) is 2. The monoisotopic (exact) mass is 242 g/mol. The van der Waals surface area contributed by atoms with Gasteiger partial charge in [0.1, 0.15) is 5.69 Å².